The third-order valence-corrected chi connectivity index (χ3v) is 2.32. The zero-order valence-corrected chi connectivity index (χ0v) is 12.6. The summed E-state index contributed by atoms with van der Waals surface area (Å²) in [6.07, 6.45) is 0. The van der Waals surface area contributed by atoms with Gasteiger partial charge in [0.2, 0.25) is 0 Å². The molecule has 2 rings (SSSR count). The molecule has 0 aromatic carbocycles. The van der Waals surface area contributed by atoms with Crippen LogP contribution in [0.5, 0.6) is 0 Å². The Bertz CT molecular complexity index is 164. The standard InChI is InChI=1S/C5H10O2.2C4H10N2/c1-5(2,3)7-4-6;2*1-2-6-4-3-5-1/h4H,1-3H3;2*5-6H,1-4H2. The van der Waals surface area contributed by atoms with Crippen LogP contribution in [0.3, 0.4) is 0 Å². The summed E-state index contributed by atoms with van der Waals surface area (Å²) in [5.74, 6) is 0. The number of nitrogens with one attached hydrogen (secondary N) is 4. The molecule has 0 amide bonds. The van der Waals surface area contributed by atoms with Gasteiger partial charge >= 0.3 is 0 Å². The Hall–Kier alpha value is -0.690. The number of piperazine rings is 2. The van der Waals surface area contributed by atoms with E-state index in [4.69, 9.17) is 0 Å². The van der Waals surface area contributed by atoms with Gasteiger partial charge < -0.3 is 26.0 Å². The molecule has 0 aromatic rings. The highest BCUT2D eigenvalue weighted by atomic mass is 16.5. The molecule has 0 aromatic heterocycles. The Morgan fingerprint density at radius 2 is 1.00 bits per heavy atom. The summed E-state index contributed by atoms with van der Waals surface area (Å²) in [6, 6.07) is 0. The lowest BCUT2D eigenvalue weighted by molar-refractivity contribution is -0.138. The average Bonchev–Trinajstić information content (AvgIpc) is 2.43. The Balaban J connectivity index is 0.000000256. The topological polar surface area (TPSA) is 74.4 Å². The molecule has 6 nitrogen and oxygen atoms in total. The lowest BCUT2D eigenvalue weighted by atomic mass is 10.2. The van der Waals surface area contributed by atoms with Gasteiger partial charge in [0.25, 0.3) is 6.47 Å². The van der Waals surface area contributed by atoms with Gasteiger partial charge in [-0.3, -0.25) is 4.79 Å². The van der Waals surface area contributed by atoms with Gasteiger partial charge in [0.1, 0.15) is 5.60 Å². The van der Waals surface area contributed by atoms with Crippen LogP contribution in [0.25, 0.3) is 0 Å². The number of hydrogen-bond acceptors (Lipinski definition) is 6. The summed E-state index contributed by atoms with van der Waals surface area (Å²) >= 11 is 0. The summed E-state index contributed by atoms with van der Waals surface area (Å²) < 4.78 is 4.55. The first kappa shape index (κ1) is 18.3. The molecule has 2 aliphatic heterocycles. The van der Waals surface area contributed by atoms with Gasteiger partial charge in [0, 0.05) is 52.4 Å². The largest absolute Gasteiger partial charge is 0.462 e. The summed E-state index contributed by atoms with van der Waals surface area (Å²) in [6.45, 7) is 15.0. The van der Waals surface area contributed by atoms with E-state index in [1.54, 1.807) is 0 Å². The highest BCUT2D eigenvalue weighted by Gasteiger charge is 2.07. The molecule has 0 unspecified atom stereocenters. The van der Waals surface area contributed by atoms with Crippen LogP contribution in [-0.4, -0.2) is 64.4 Å². The molecule has 2 heterocycles. The predicted octanol–water partition coefficient (Wildman–Crippen LogP) is -0.684. The summed E-state index contributed by atoms with van der Waals surface area (Å²) in [7, 11) is 0. The van der Waals surface area contributed by atoms with E-state index in [0.29, 0.717) is 6.47 Å². The molecular weight excluding hydrogens is 244 g/mol. The normalized spacial score (nSPS) is 19.1. The van der Waals surface area contributed by atoms with Crippen molar-refractivity contribution in [3.05, 3.63) is 0 Å². The molecule has 0 atom stereocenters. The van der Waals surface area contributed by atoms with Crippen molar-refractivity contribution in [3.63, 3.8) is 0 Å². The molecule has 0 bridgehead atoms. The van der Waals surface area contributed by atoms with Gasteiger partial charge in [0.05, 0.1) is 0 Å². The molecule has 2 fully saturated rings. The number of rotatable bonds is 1. The van der Waals surface area contributed by atoms with Crippen molar-refractivity contribution >= 4 is 6.47 Å². The monoisotopic (exact) mass is 274 g/mol. The van der Waals surface area contributed by atoms with Crippen molar-refractivity contribution in [3.8, 4) is 0 Å². The minimum absolute atomic E-state index is 0.318. The van der Waals surface area contributed by atoms with E-state index >= 15 is 0 Å². The lowest BCUT2D eigenvalue weighted by Gasteiger charge is -2.14. The SMILES string of the molecule is C1CNCCN1.C1CNCCN1.CC(C)(C)OC=O. The fourth-order valence-electron chi connectivity index (χ4n) is 1.35. The Kier molecular flexibility index (Phi) is 11.9. The summed E-state index contributed by atoms with van der Waals surface area (Å²) in [4.78, 5) is 9.60. The second-order valence-corrected chi connectivity index (χ2v) is 5.33. The van der Waals surface area contributed by atoms with E-state index in [9.17, 15) is 4.79 Å². The molecule has 4 N–H and O–H groups in total. The Morgan fingerprint density at radius 1 is 0.737 bits per heavy atom. The highest BCUT2D eigenvalue weighted by molar-refractivity contribution is 5.37. The number of hydrogen-bond donors (Lipinski definition) is 4. The van der Waals surface area contributed by atoms with E-state index in [-0.39, 0.29) is 5.60 Å². The van der Waals surface area contributed by atoms with Gasteiger partial charge in [-0.25, -0.2) is 0 Å². The molecule has 0 aliphatic carbocycles. The van der Waals surface area contributed by atoms with E-state index in [0.717, 1.165) is 52.4 Å². The maximum Gasteiger partial charge on any atom is 0.293 e. The predicted molar refractivity (Wildman–Crippen MR) is 78.4 cm³/mol. The van der Waals surface area contributed by atoms with Crippen molar-refractivity contribution < 1.29 is 9.53 Å². The van der Waals surface area contributed by atoms with Crippen molar-refractivity contribution in [2.75, 3.05) is 52.4 Å². The number of ether oxygens (including phenoxy) is 1. The Labute approximate surface area is 117 Å². The van der Waals surface area contributed by atoms with Crippen LogP contribution in [0.2, 0.25) is 0 Å². The molecule has 0 radical (unpaired) electrons. The minimum Gasteiger partial charge on any atom is -0.462 e. The van der Waals surface area contributed by atoms with Gasteiger partial charge in [-0.15, -0.1) is 0 Å². The van der Waals surface area contributed by atoms with Gasteiger partial charge in [-0.2, -0.15) is 0 Å². The molecule has 6 heteroatoms. The zero-order chi connectivity index (χ0) is 14.4. The van der Waals surface area contributed by atoms with Crippen LogP contribution < -0.4 is 21.3 Å². The molecule has 2 aliphatic rings. The maximum absolute atomic E-state index is 9.60. The van der Waals surface area contributed by atoms with E-state index in [1.807, 2.05) is 20.8 Å². The van der Waals surface area contributed by atoms with Crippen molar-refractivity contribution in [1.29, 1.82) is 0 Å². The first-order valence-electron chi connectivity index (χ1n) is 7.00. The molecule has 114 valence electrons. The smallest absolute Gasteiger partial charge is 0.293 e. The highest BCUT2D eigenvalue weighted by Crippen LogP contribution is 2.02. The van der Waals surface area contributed by atoms with Crippen LogP contribution in [0.4, 0.5) is 0 Å². The fraction of sp³-hybridized carbons (Fsp3) is 0.923. The summed E-state index contributed by atoms with van der Waals surface area (Å²) in [5.41, 5.74) is -0.318. The molecule has 0 saturated carbocycles. The third kappa shape index (κ3) is 17.3. The van der Waals surface area contributed by atoms with Crippen molar-refractivity contribution in [2.45, 2.75) is 26.4 Å². The second-order valence-electron chi connectivity index (χ2n) is 5.33. The number of carbonyl (C=O) groups excluding carboxylic acids is 1. The number of carbonyl (C=O) groups is 1. The second kappa shape index (κ2) is 12.3. The fourth-order valence-corrected chi connectivity index (χ4v) is 1.35. The van der Waals surface area contributed by atoms with Gasteiger partial charge in [0.15, 0.2) is 0 Å². The van der Waals surface area contributed by atoms with E-state index in [1.165, 1.54) is 0 Å². The van der Waals surface area contributed by atoms with Gasteiger partial charge in [-0.1, -0.05) is 0 Å². The van der Waals surface area contributed by atoms with E-state index in [2.05, 4.69) is 26.0 Å². The first-order chi connectivity index (χ1) is 9.06. The molecule has 2 saturated heterocycles. The average molecular weight is 274 g/mol. The van der Waals surface area contributed by atoms with Gasteiger partial charge in [-0.05, 0) is 20.8 Å². The molecule has 19 heavy (non-hydrogen) atoms. The van der Waals surface area contributed by atoms with Crippen LogP contribution in [0.1, 0.15) is 20.8 Å². The van der Waals surface area contributed by atoms with Crippen LogP contribution in [0.15, 0.2) is 0 Å². The molecule has 0 spiro atoms. The first-order valence-corrected chi connectivity index (χ1v) is 7.00. The minimum atomic E-state index is -0.318. The molecular formula is C13H30N4O2. The maximum atomic E-state index is 9.60. The van der Waals surface area contributed by atoms with Crippen LogP contribution >= 0.6 is 0 Å². The van der Waals surface area contributed by atoms with Crippen LogP contribution in [0, 0.1) is 0 Å². The van der Waals surface area contributed by atoms with Crippen molar-refractivity contribution in [2.24, 2.45) is 0 Å². The van der Waals surface area contributed by atoms with E-state index < -0.39 is 0 Å². The lowest BCUT2D eigenvalue weighted by Crippen LogP contribution is -2.39. The van der Waals surface area contributed by atoms with Crippen LogP contribution in [-0.2, 0) is 9.53 Å². The quantitative estimate of drug-likeness (QED) is 0.475. The summed E-state index contributed by atoms with van der Waals surface area (Å²) in [5, 5.41) is 12.9. The Morgan fingerprint density at radius 3 is 1.05 bits per heavy atom. The zero-order valence-electron chi connectivity index (χ0n) is 12.6. The van der Waals surface area contributed by atoms with Crippen molar-refractivity contribution in [1.82, 2.24) is 21.3 Å². The third-order valence-electron chi connectivity index (χ3n) is 2.32.